The van der Waals surface area contributed by atoms with Gasteiger partial charge in [-0.3, -0.25) is 5.10 Å². The Labute approximate surface area is 77.7 Å². The Bertz CT molecular complexity index is 224. The summed E-state index contributed by atoms with van der Waals surface area (Å²) in [5, 5.41) is 6.53. The second-order valence-electron chi connectivity index (χ2n) is 3.16. The van der Waals surface area contributed by atoms with E-state index in [9.17, 15) is 0 Å². The minimum Gasteiger partial charge on any atom is -0.385 e. The standard InChI is InChI=1S/C8H16N4O/c1-6(3-4-13-2)7(9)8-10-5-11-12-8/h5-7H,3-4,9H2,1-2H3,(H,10,11,12). The third-order valence-electron chi connectivity index (χ3n) is 2.14. The van der Waals surface area contributed by atoms with Gasteiger partial charge in [0.2, 0.25) is 0 Å². The highest BCUT2D eigenvalue weighted by molar-refractivity contribution is 4.91. The van der Waals surface area contributed by atoms with Gasteiger partial charge in [-0.25, -0.2) is 4.98 Å². The zero-order valence-electron chi connectivity index (χ0n) is 8.03. The Morgan fingerprint density at radius 3 is 3.00 bits per heavy atom. The van der Waals surface area contributed by atoms with E-state index in [0.717, 1.165) is 18.9 Å². The number of ether oxygens (including phenoxy) is 1. The van der Waals surface area contributed by atoms with Crippen molar-refractivity contribution >= 4 is 0 Å². The maximum absolute atomic E-state index is 5.93. The monoisotopic (exact) mass is 184 g/mol. The molecule has 0 radical (unpaired) electrons. The van der Waals surface area contributed by atoms with E-state index < -0.39 is 0 Å². The predicted octanol–water partition coefficient (Wildman–Crippen LogP) is 0.477. The number of nitrogens with zero attached hydrogens (tertiary/aromatic N) is 2. The van der Waals surface area contributed by atoms with E-state index >= 15 is 0 Å². The van der Waals surface area contributed by atoms with Crippen LogP contribution in [-0.4, -0.2) is 28.9 Å². The van der Waals surface area contributed by atoms with Crippen LogP contribution in [0.2, 0.25) is 0 Å². The lowest BCUT2D eigenvalue weighted by Gasteiger charge is -2.16. The average Bonchev–Trinajstić information content (AvgIpc) is 2.65. The first-order chi connectivity index (χ1) is 6.25. The second-order valence-corrected chi connectivity index (χ2v) is 3.16. The number of nitrogens with two attached hydrogens (primary N) is 1. The Hall–Kier alpha value is -0.940. The maximum atomic E-state index is 5.93. The molecule has 0 aromatic carbocycles. The van der Waals surface area contributed by atoms with Gasteiger partial charge in [0.1, 0.15) is 12.2 Å². The van der Waals surface area contributed by atoms with Gasteiger partial charge in [0.05, 0.1) is 6.04 Å². The van der Waals surface area contributed by atoms with E-state index in [0.29, 0.717) is 5.92 Å². The van der Waals surface area contributed by atoms with Crippen molar-refractivity contribution in [1.82, 2.24) is 15.2 Å². The summed E-state index contributed by atoms with van der Waals surface area (Å²) in [6.45, 7) is 2.80. The van der Waals surface area contributed by atoms with Crippen LogP contribution in [0.3, 0.4) is 0 Å². The number of nitrogens with one attached hydrogen (secondary N) is 1. The first kappa shape index (κ1) is 10.1. The number of H-pyrrole nitrogens is 1. The molecule has 5 heteroatoms. The van der Waals surface area contributed by atoms with Crippen LogP contribution in [0.5, 0.6) is 0 Å². The van der Waals surface area contributed by atoms with Crippen molar-refractivity contribution in [2.45, 2.75) is 19.4 Å². The number of hydrogen-bond donors (Lipinski definition) is 2. The van der Waals surface area contributed by atoms with Crippen molar-refractivity contribution in [2.75, 3.05) is 13.7 Å². The van der Waals surface area contributed by atoms with Crippen molar-refractivity contribution in [3.8, 4) is 0 Å². The van der Waals surface area contributed by atoms with E-state index in [1.54, 1.807) is 7.11 Å². The first-order valence-corrected chi connectivity index (χ1v) is 4.35. The fourth-order valence-electron chi connectivity index (χ4n) is 1.13. The highest BCUT2D eigenvalue weighted by atomic mass is 16.5. The summed E-state index contributed by atoms with van der Waals surface area (Å²) in [4.78, 5) is 4.01. The van der Waals surface area contributed by atoms with E-state index in [-0.39, 0.29) is 6.04 Å². The van der Waals surface area contributed by atoms with Crippen LogP contribution in [0.1, 0.15) is 25.2 Å². The van der Waals surface area contributed by atoms with Crippen LogP contribution >= 0.6 is 0 Å². The van der Waals surface area contributed by atoms with Gasteiger partial charge in [-0.15, -0.1) is 0 Å². The van der Waals surface area contributed by atoms with Crippen LogP contribution in [0, 0.1) is 5.92 Å². The van der Waals surface area contributed by atoms with Crippen molar-refractivity contribution in [2.24, 2.45) is 11.7 Å². The lowest BCUT2D eigenvalue weighted by Crippen LogP contribution is -2.21. The van der Waals surface area contributed by atoms with Crippen molar-refractivity contribution < 1.29 is 4.74 Å². The van der Waals surface area contributed by atoms with Crippen molar-refractivity contribution in [3.63, 3.8) is 0 Å². The molecule has 0 spiro atoms. The lowest BCUT2D eigenvalue weighted by molar-refractivity contribution is 0.174. The van der Waals surface area contributed by atoms with Crippen LogP contribution in [0.15, 0.2) is 6.33 Å². The van der Waals surface area contributed by atoms with Gasteiger partial charge in [0.25, 0.3) is 0 Å². The molecule has 1 aromatic rings. The molecule has 5 nitrogen and oxygen atoms in total. The molecule has 0 amide bonds. The molecule has 0 aliphatic carbocycles. The molecule has 0 saturated carbocycles. The highest BCUT2D eigenvalue weighted by Gasteiger charge is 2.16. The third-order valence-corrected chi connectivity index (χ3v) is 2.14. The summed E-state index contributed by atoms with van der Waals surface area (Å²) >= 11 is 0. The molecule has 0 aliphatic heterocycles. The molecule has 1 heterocycles. The first-order valence-electron chi connectivity index (χ1n) is 4.35. The summed E-state index contributed by atoms with van der Waals surface area (Å²) in [5.41, 5.74) is 5.93. The Balaban J connectivity index is 2.43. The fourth-order valence-corrected chi connectivity index (χ4v) is 1.13. The van der Waals surface area contributed by atoms with Crippen LogP contribution in [-0.2, 0) is 4.74 Å². The van der Waals surface area contributed by atoms with Gasteiger partial charge in [0.15, 0.2) is 0 Å². The summed E-state index contributed by atoms with van der Waals surface area (Å²) in [5.74, 6) is 1.08. The number of methoxy groups -OCH3 is 1. The molecule has 0 bridgehead atoms. The Morgan fingerprint density at radius 2 is 2.46 bits per heavy atom. The van der Waals surface area contributed by atoms with Crippen molar-refractivity contribution in [3.05, 3.63) is 12.2 Å². The van der Waals surface area contributed by atoms with Gasteiger partial charge >= 0.3 is 0 Å². The van der Waals surface area contributed by atoms with Gasteiger partial charge in [-0.2, -0.15) is 5.10 Å². The molecule has 0 fully saturated rings. The van der Waals surface area contributed by atoms with Gasteiger partial charge in [0, 0.05) is 13.7 Å². The minimum absolute atomic E-state index is 0.0855. The quantitative estimate of drug-likeness (QED) is 0.697. The topological polar surface area (TPSA) is 76.8 Å². The molecular formula is C8H16N4O. The van der Waals surface area contributed by atoms with Crippen LogP contribution in [0.4, 0.5) is 0 Å². The molecule has 13 heavy (non-hydrogen) atoms. The number of aromatic amines is 1. The van der Waals surface area contributed by atoms with Gasteiger partial charge in [-0.05, 0) is 12.3 Å². The van der Waals surface area contributed by atoms with Gasteiger partial charge < -0.3 is 10.5 Å². The fraction of sp³-hybridized carbons (Fsp3) is 0.750. The summed E-state index contributed by atoms with van der Waals surface area (Å²) in [7, 11) is 1.69. The SMILES string of the molecule is COCCC(C)C(N)c1ncn[nH]1. The zero-order chi connectivity index (χ0) is 9.68. The van der Waals surface area contributed by atoms with E-state index in [1.165, 1.54) is 6.33 Å². The number of aromatic nitrogens is 3. The van der Waals surface area contributed by atoms with Crippen molar-refractivity contribution in [1.29, 1.82) is 0 Å². The third kappa shape index (κ3) is 2.78. The van der Waals surface area contributed by atoms with E-state index in [2.05, 4.69) is 22.1 Å². The molecule has 1 aromatic heterocycles. The number of rotatable bonds is 5. The second kappa shape index (κ2) is 4.94. The molecule has 0 saturated heterocycles. The van der Waals surface area contributed by atoms with Crippen LogP contribution < -0.4 is 5.73 Å². The molecule has 2 atom stereocenters. The maximum Gasteiger partial charge on any atom is 0.141 e. The predicted molar refractivity (Wildman–Crippen MR) is 49.0 cm³/mol. The van der Waals surface area contributed by atoms with Gasteiger partial charge in [-0.1, -0.05) is 6.92 Å². The molecule has 74 valence electrons. The molecule has 1 rings (SSSR count). The Kier molecular flexibility index (Phi) is 3.85. The van der Waals surface area contributed by atoms with Crippen LogP contribution in [0.25, 0.3) is 0 Å². The van der Waals surface area contributed by atoms with E-state index in [4.69, 9.17) is 10.5 Å². The summed E-state index contributed by atoms with van der Waals surface area (Å²) < 4.78 is 4.98. The van der Waals surface area contributed by atoms with E-state index in [1.807, 2.05) is 0 Å². The lowest BCUT2D eigenvalue weighted by atomic mass is 9.99. The number of hydrogen-bond acceptors (Lipinski definition) is 4. The normalized spacial score (nSPS) is 15.6. The molecule has 2 unspecified atom stereocenters. The summed E-state index contributed by atoms with van der Waals surface area (Å²) in [6, 6.07) is -0.0855. The summed E-state index contributed by atoms with van der Waals surface area (Å²) in [6.07, 6.45) is 2.40. The Morgan fingerprint density at radius 1 is 1.69 bits per heavy atom. The highest BCUT2D eigenvalue weighted by Crippen LogP contribution is 2.17. The smallest absolute Gasteiger partial charge is 0.141 e. The molecule has 0 aliphatic rings. The minimum atomic E-state index is -0.0855. The largest absolute Gasteiger partial charge is 0.385 e. The zero-order valence-corrected chi connectivity index (χ0v) is 8.03. The molecule has 3 N–H and O–H groups in total. The average molecular weight is 184 g/mol. The molecular weight excluding hydrogens is 168 g/mol.